The van der Waals surface area contributed by atoms with Crippen LogP contribution in [0, 0.1) is 19.7 Å². The Hall–Kier alpha value is -3.75. The zero-order chi connectivity index (χ0) is 20.6. The Labute approximate surface area is 168 Å². The van der Waals surface area contributed by atoms with Gasteiger partial charge in [-0.25, -0.2) is 24.1 Å². The van der Waals surface area contributed by atoms with Gasteiger partial charge >= 0.3 is 6.03 Å². The van der Waals surface area contributed by atoms with E-state index < -0.39 is 11.8 Å². The largest absolute Gasteiger partial charge is 0.368 e. The minimum Gasteiger partial charge on any atom is -0.368 e. The Morgan fingerprint density at radius 2 is 1.79 bits per heavy atom. The molecule has 0 radical (unpaired) electrons. The summed E-state index contributed by atoms with van der Waals surface area (Å²) in [6.45, 7) is 4.54. The second-order valence-corrected chi connectivity index (χ2v) is 6.32. The van der Waals surface area contributed by atoms with E-state index in [0.29, 0.717) is 36.4 Å². The topological polar surface area (TPSA) is 104 Å². The molecule has 0 spiro atoms. The molecular formula is C20H22FN7O. The van der Waals surface area contributed by atoms with Gasteiger partial charge in [0.1, 0.15) is 29.1 Å². The maximum Gasteiger partial charge on any atom is 0.319 e. The molecule has 0 unspecified atom stereocenters. The molecule has 2 heterocycles. The second-order valence-electron chi connectivity index (χ2n) is 6.32. The van der Waals surface area contributed by atoms with Crippen LogP contribution in [0.2, 0.25) is 0 Å². The van der Waals surface area contributed by atoms with Crippen LogP contribution in [0.15, 0.2) is 48.7 Å². The normalized spacial score (nSPS) is 10.3. The van der Waals surface area contributed by atoms with Gasteiger partial charge in [0.25, 0.3) is 0 Å². The molecule has 0 fully saturated rings. The number of rotatable bonds is 7. The van der Waals surface area contributed by atoms with Crippen LogP contribution in [0.5, 0.6) is 0 Å². The zero-order valence-corrected chi connectivity index (χ0v) is 16.2. The standard InChI is InChI=1S/C20H22FN7O/c1-13-7-8-22-17(11-13)28-19-12-18(25-14(2)26-19)23-9-10-24-20(29)27-16-6-4-3-5-15(16)21/h3-8,11-12H,9-10H2,1-2H3,(H2,24,27,29)(H2,22,23,25,26,28). The molecule has 3 aromatic rings. The number of aryl methyl sites for hydroxylation is 2. The quantitative estimate of drug-likeness (QED) is 0.456. The lowest BCUT2D eigenvalue weighted by molar-refractivity contribution is 0.252. The molecule has 0 aliphatic heterocycles. The van der Waals surface area contributed by atoms with Crippen LogP contribution in [-0.4, -0.2) is 34.1 Å². The van der Waals surface area contributed by atoms with Crippen molar-refractivity contribution >= 4 is 29.2 Å². The van der Waals surface area contributed by atoms with E-state index in [0.717, 1.165) is 5.56 Å². The number of carbonyl (C=O) groups excluding carboxylic acids is 1. The van der Waals surface area contributed by atoms with E-state index in [-0.39, 0.29) is 5.69 Å². The lowest BCUT2D eigenvalue weighted by Crippen LogP contribution is -2.33. The van der Waals surface area contributed by atoms with Crippen LogP contribution in [0.1, 0.15) is 11.4 Å². The van der Waals surface area contributed by atoms with Crippen molar-refractivity contribution in [2.45, 2.75) is 13.8 Å². The first-order valence-electron chi connectivity index (χ1n) is 9.08. The highest BCUT2D eigenvalue weighted by molar-refractivity contribution is 5.89. The van der Waals surface area contributed by atoms with Crippen LogP contribution in [0.4, 0.5) is 32.3 Å². The zero-order valence-electron chi connectivity index (χ0n) is 16.2. The number of halogens is 1. The van der Waals surface area contributed by atoms with E-state index in [1.807, 2.05) is 19.1 Å². The van der Waals surface area contributed by atoms with Crippen LogP contribution in [0.25, 0.3) is 0 Å². The van der Waals surface area contributed by atoms with Gasteiger partial charge < -0.3 is 21.3 Å². The summed E-state index contributed by atoms with van der Waals surface area (Å²) in [5, 5.41) is 11.4. The highest BCUT2D eigenvalue weighted by atomic mass is 19.1. The summed E-state index contributed by atoms with van der Waals surface area (Å²) in [4.78, 5) is 24.8. The molecule has 29 heavy (non-hydrogen) atoms. The van der Waals surface area contributed by atoms with E-state index in [2.05, 4.69) is 36.2 Å². The van der Waals surface area contributed by atoms with Gasteiger partial charge in [0, 0.05) is 25.4 Å². The fourth-order valence-corrected chi connectivity index (χ4v) is 2.55. The number of anilines is 4. The lowest BCUT2D eigenvalue weighted by atomic mass is 10.3. The van der Waals surface area contributed by atoms with E-state index in [4.69, 9.17) is 0 Å². The molecule has 0 saturated heterocycles. The average Bonchev–Trinajstić information content (AvgIpc) is 2.67. The average molecular weight is 395 g/mol. The maximum atomic E-state index is 13.5. The first kappa shape index (κ1) is 20.0. The van der Waals surface area contributed by atoms with Crippen molar-refractivity contribution in [2.75, 3.05) is 29.0 Å². The third-order valence-electron chi connectivity index (χ3n) is 3.85. The molecule has 8 nitrogen and oxygen atoms in total. The Morgan fingerprint density at radius 1 is 1.00 bits per heavy atom. The highest BCUT2D eigenvalue weighted by Gasteiger charge is 2.06. The summed E-state index contributed by atoms with van der Waals surface area (Å²) in [5.41, 5.74) is 1.22. The van der Waals surface area contributed by atoms with Gasteiger partial charge in [-0.05, 0) is 43.7 Å². The maximum absolute atomic E-state index is 13.5. The van der Waals surface area contributed by atoms with Crippen LogP contribution in [-0.2, 0) is 0 Å². The predicted molar refractivity (Wildman–Crippen MR) is 111 cm³/mol. The number of nitrogens with zero attached hydrogens (tertiary/aromatic N) is 3. The van der Waals surface area contributed by atoms with E-state index >= 15 is 0 Å². The first-order valence-corrected chi connectivity index (χ1v) is 9.08. The first-order chi connectivity index (χ1) is 14.0. The van der Waals surface area contributed by atoms with Crippen molar-refractivity contribution in [2.24, 2.45) is 0 Å². The second kappa shape index (κ2) is 9.45. The minimum absolute atomic E-state index is 0.129. The van der Waals surface area contributed by atoms with Crippen LogP contribution < -0.4 is 21.3 Å². The predicted octanol–water partition coefficient (Wildman–Crippen LogP) is 3.60. The third kappa shape index (κ3) is 6.13. The molecule has 0 aliphatic rings. The molecule has 150 valence electrons. The van der Waals surface area contributed by atoms with Crippen molar-refractivity contribution in [3.63, 3.8) is 0 Å². The molecule has 0 saturated carbocycles. The molecule has 9 heteroatoms. The number of nitrogens with one attached hydrogen (secondary N) is 4. The number of hydrogen-bond donors (Lipinski definition) is 4. The highest BCUT2D eigenvalue weighted by Crippen LogP contribution is 2.16. The molecular weight excluding hydrogens is 373 g/mol. The van der Waals surface area contributed by atoms with E-state index in [9.17, 15) is 9.18 Å². The number of amides is 2. The molecule has 4 N–H and O–H groups in total. The number of benzene rings is 1. The van der Waals surface area contributed by atoms with Gasteiger partial charge in [-0.15, -0.1) is 0 Å². The van der Waals surface area contributed by atoms with Crippen molar-refractivity contribution in [1.29, 1.82) is 0 Å². The van der Waals surface area contributed by atoms with Crippen molar-refractivity contribution in [1.82, 2.24) is 20.3 Å². The SMILES string of the molecule is Cc1ccnc(Nc2cc(NCCNC(=O)Nc3ccccc3F)nc(C)n2)c1. The fourth-order valence-electron chi connectivity index (χ4n) is 2.55. The summed E-state index contributed by atoms with van der Waals surface area (Å²) in [5.74, 6) is 2.03. The number of carbonyl (C=O) groups is 1. The molecule has 0 bridgehead atoms. The Morgan fingerprint density at radius 3 is 2.59 bits per heavy atom. The van der Waals surface area contributed by atoms with E-state index in [1.165, 1.54) is 12.1 Å². The Kier molecular flexibility index (Phi) is 6.51. The summed E-state index contributed by atoms with van der Waals surface area (Å²) >= 11 is 0. The van der Waals surface area contributed by atoms with Crippen LogP contribution >= 0.6 is 0 Å². The summed E-state index contributed by atoms with van der Waals surface area (Å²) in [6.07, 6.45) is 1.73. The number of urea groups is 1. The number of para-hydroxylation sites is 1. The van der Waals surface area contributed by atoms with Crippen molar-refractivity contribution < 1.29 is 9.18 Å². The summed E-state index contributed by atoms with van der Waals surface area (Å²) < 4.78 is 13.5. The Balaban J connectivity index is 1.49. The minimum atomic E-state index is -0.486. The number of pyridine rings is 1. The lowest BCUT2D eigenvalue weighted by Gasteiger charge is -2.11. The molecule has 2 aromatic heterocycles. The fraction of sp³-hybridized carbons (Fsp3) is 0.200. The van der Waals surface area contributed by atoms with Gasteiger partial charge in [-0.3, -0.25) is 0 Å². The van der Waals surface area contributed by atoms with Gasteiger partial charge in [0.05, 0.1) is 5.69 Å². The van der Waals surface area contributed by atoms with Crippen molar-refractivity contribution in [3.8, 4) is 0 Å². The summed E-state index contributed by atoms with van der Waals surface area (Å²) in [6, 6.07) is 11.1. The molecule has 3 rings (SSSR count). The smallest absolute Gasteiger partial charge is 0.319 e. The molecule has 0 atom stereocenters. The van der Waals surface area contributed by atoms with Gasteiger partial charge in [-0.1, -0.05) is 12.1 Å². The number of aromatic nitrogens is 3. The Bertz CT molecular complexity index is 996. The van der Waals surface area contributed by atoms with Gasteiger partial charge in [-0.2, -0.15) is 0 Å². The summed E-state index contributed by atoms with van der Waals surface area (Å²) in [7, 11) is 0. The van der Waals surface area contributed by atoms with Gasteiger partial charge in [0.2, 0.25) is 0 Å². The van der Waals surface area contributed by atoms with Crippen molar-refractivity contribution in [3.05, 3.63) is 65.9 Å². The monoisotopic (exact) mass is 395 g/mol. The molecule has 1 aromatic carbocycles. The van der Waals surface area contributed by atoms with E-state index in [1.54, 1.807) is 31.3 Å². The molecule has 2 amide bonds. The van der Waals surface area contributed by atoms with Gasteiger partial charge in [0.15, 0.2) is 0 Å². The third-order valence-corrected chi connectivity index (χ3v) is 3.85. The number of hydrogen-bond acceptors (Lipinski definition) is 6. The van der Waals surface area contributed by atoms with Crippen LogP contribution in [0.3, 0.4) is 0 Å². The molecule has 0 aliphatic carbocycles.